The van der Waals surface area contributed by atoms with Crippen LogP contribution in [0.1, 0.15) is 27.2 Å². The molecule has 0 aromatic rings. The molecule has 1 saturated heterocycles. The Bertz CT molecular complexity index is 314. The molecule has 0 bridgehead atoms. The highest BCUT2D eigenvalue weighted by atomic mass is 32.2. The lowest BCUT2D eigenvalue weighted by molar-refractivity contribution is -0.141. The first-order chi connectivity index (χ1) is 8.33. The van der Waals surface area contributed by atoms with Crippen LogP contribution in [0.15, 0.2) is 0 Å². The topological polar surface area (TPSA) is 55.8 Å². The Labute approximate surface area is 112 Å². The van der Waals surface area contributed by atoms with Crippen LogP contribution < -0.4 is 0 Å². The van der Waals surface area contributed by atoms with Gasteiger partial charge in [-0.25, -0.2) is 4.79 Å². The monoisotopic (exact) mass is 275 g/mol. The van der Waals surface area contributed by atoms with E-state index >= 15 is 0 Å². The summed E-state index contributed by atoms with van der Waals surface area (Å²) < 4.78 is 10.0. The number of rotatable bonds is 2. The Morgan fingerprint density at radius 1 is 1.39 bits per heavy atom. The van der Waals surface area contributed by atoms with E-state index in [1.807, 2.05) is 20.8 Å². The minimum absolute atomic E-state index is 0.133. The van der Waals surface area contributed by atoms with Crippen LogP contribution in [0, 0.1) is 0 Å². The molecular formula is C12H21NO4S. The quantitative estimate of drug-likeness (QED) is 0.720. The molecule has 18 heavy (non-hydrogen) atoms. The molecule has 0 spiro atoms. The van der Waals surface area contributed by atoms with Gasteiger partial charge in [-0.05, 0) is 20.8 Å². The molecule has 0 aromatic carbocycles. The average molecular weight is 275 g/mol. The van der Waals surface area contributed by atoms with Crippen molar-refractivity contribution in [3.05, 3.63) is 0 Å². The molecule has 1 fully saturated rings. The number of methoxy groups -OCH3 is 1. The van der Waals surface area contributed by atoms with Crippen LogP contribution in [0.25, 0.3) is 0 Å². The van der Waals surface area contributed by atoms with Crippen LogP contribution in [0.2, 0.25) is 0 Å². The fourth-order valence-electron chi connectivity index (χ4n) is 1.66. The smallest absolute Gasteiger partial charge is 0.410 e. The highest BCUT2D eigenvalue weighted by Gasteiger charge is 2.32. The first-order valence-corrected chi connectivity index (χ1v) is 7.13. The van der Waals surface area contributed by atoms with Crippen LogP contribution in [-0.2, 0) is 14.3 Å². The van der Waals surface area contributed by atoms with Gasteiger partial charge in [-0.2, -0.15) is 11.8 Å². The molecule has 1 heterocycles. The molecule has 1 rings (SSSR count). The average Bonchev–Trinajstić information content (AvgIpc) is 2.27. The molecule has 0 aliphatic carbocycles. The Morgan fingerprint density at radius 3 is 2.61 bits per heavy atom. The van der Waals surface area contributed by atoms with E-state index in [4.69, 9.17) is 4.74 Å². The summed E-state index contributed by atoms with van der Waals surface area (Å²) in [5, 5.41) is 0. The first kappa shape index (κ1) is 15.1. The number of hydrogen-bond acceptors (Lipinski definition) is 5. The lowest BCUT2D eigenvalue weighted by Crippen LogP contribution is -2.49. The number of carbonyl (C=O) groups excluding carboxylic acids is 2. The van der Waals surface area contributed by atoms with Crippen LogP contribution in [-0.4, -0.2) is 53.8 Å². The highest BCUT2D eigenvalue weighted by molar-refractivity contribution is 7.99. The number of hydrogen-bond donors (Lipinski definition) is 0. The van der Waals surface area contributed by atoms with E-state index in [1.165, 1.54) is 7.11 Å². The molecule has 0 N–H and O–H groups in total. The molecule has 0 saturated carbocycles. The maximum Gasteiger partial charge on any atom is 0.410 e. The van der Waals surface area contributed by atoms with Crippen molar-refractivity contribution in [1.29, 1.82) is 0 Å². The van der Waals surface area contributed by atoms with Crippen LogP contribution >= 0.6 is 11.8 Å². The van der Waals surface area contributed by atoms with Crippen molar-refractivity contribution in [2.75, 3.05) is 25.2 Å². The molecule has 1 aliphatic rings. The molecular weight excluding hydrogens is 254 g/mol. The van der Waals surface area contributed by atoms with Gasteiger partial charge in [0, 0.05) is 18.1 Å². The number of carbonyl (C=O) groups is 2. The van der Waals surface area contributed by atoms with Crippen molar-refractivity contribution in [1.82, 2.24) is 4.90 Å². The Balaban J connectivity index is 2.64. The van der Waals surface area contributed by atoms with Gasteiger partial charge < -0.3 is 14.4 Å². The van der Waals surface area contributed by atoms with Gasteiger partial charge in [0.05, 0.1) is 19.6 Å². The molecule has 104 valence electrons. The summed E-state index contributed by atoms with van der Waals surface area (Å²) in [4.78, 5) is 25.0. The fourth-order valence-corrected chi connectivity index (χ4v) is 2.72. The largest absolute Gasteiger partial charge is 0.469 e. The van der Waals surface area contributed by atoms with Crippen LogP contribution in [0.3, 0.4) is 0 Å². The van der Waals surface area contributed by atoms with Crippen molar-refractivity contribution in [2.24, 2.45) is 0 Å². The zero-order valence-electron chi connectivity index (χ0n) is 11.4. The third-order valence-corrected chi connectivity index (χ3v) is 3.58. The third kappa shape index (κ3) is 4.76. The summed E-state index contributed by atoms with van der Waals surface area (Å²) in [5.74, 6) is 1.32. The molecule has 1 atom stereocenters. The van der Waals surface area contributed by atoms with E-state index < -0.39 is 5.60 Å². The van der Waals surface area contributed by atoms with Gasteiger partial charge in [-0.3, -0.25) is 4.79 Å². The highest BCUT2D eigenvalue weighted by Crippen LogP contribution is 2.22. The normalized spacial score (nSPS) is 20.4. The van der Waals surface area contributed by atoms with Gasteiger partial charge in [-0.1, -0.05) is 0 Å². The number of amides is 1. The Kier molecular flexibility index (Phi) is 5.31. The second-order valence-corrected chi connectivity index (χ2v) is 6.33. The van der Waals surface area contributed by atoms with Gasteiger partial charge in [0.15, 0.2) is 0 Å². The molecule has 5 nitrogen and oxygen atoms in total. The van der Waals surface area contributed by atoms with Gasteiger partial charge in [0.1, 0.15) is 5.60 Å². The summed E-state index contributed by atoms with van der Waals surface area (Å²) in [6, 6.07) is -0.133. The fraction of sp³-hybridized carbons (Fsp3) is 0.833. The Hall–Kier alpha value is -0.910. The van der Waals surface area contributed by atoms with Crippen molar-refractivity contribution < 1.29 is 19.1 Å². The maximum absolute atomic E-state index is 12.0. The minimum Gasteiger partial charge on any atom is -0.469 e. The van der Waals surface area contributed by atoms with E-state index in [1.54, 1.807) is 16.7 Å². The SMILES string of the molecule is COC(=O)C[C@H]1CSCCN1C(=O)OC(C)(C)C. The summed E-state index contributed by atoms with van der Waals surface area (Å²) in [5.41, 5.74) is -0.516. The summed E-state index contributed by atoms with van der Waals surface area (Å²) in [7, 11) is 1.36. The lowest BCUT2D eigenvalue weighted by atomic mass is 10.2. The van der Waals surface area contributed by atoms with E-state index in [-0.39, 0.29) is 24.5 Å². The molecule has 0 radical (unpaired) electrons. The van der Waals surface area contributed by atoms with Gasteiger partial charge >= 0.3 is 12.1 Å². The first-order valence-electron chi connectivity index (χ1n) is 5.97. The second kappa shape index (κ2) is 6.31. The standard InChI is InChI=1S/C12H21NO4S/c1-12(2,3)17-11(15)13-5-6-18-8-9(13)7-10(14)16-4/h9H,5-8H2,1-4H3/t9-/m0/s1. The lowest BCUT2D eigenvalue weighted by Gasteiger charge is -2.35. The summed E-state index contributed by atoms with van der Waals surface area (Å²) in [6.07, 6.45) is -0.125. The molecule has 1 aliphatic heterocycles. The molecule has 6 heteroatoms. The minimum atomic E-state index is -0.516. The number of esters is 1. The molecule has 0 unspecified atom stereocenters. The van der Waals surface area contributed by atoms with E-state index in [0.717, 1.165) is 11.5 Å². The predicted molar refractivity (Wildman–Crippen MR) is 70.7 cm³/mol. The number of ether oxygens (including phenoxy) is 2. The Morgan fingerprint density at radius 2 is 2.06 bits per heavy atom. The van der Waals surface area contributed by atoms with Gasteiger partial charge in [-0.15, -0.1) is 0 Å². The number of nitrogens with zero attached hydrogens (tertiary/aromatic N) is 1. The second-order valence-electron chi connectivity index (χ2n) is 5.18. The van der Waals surface area contributed by atoms with E-state index in [9.17, 15) is 9.59 Å². The van der Waals surface area contributed by atoms with Gasteiger partial charge in [0.2, 0.25) is 0 Å². The van der Waals surface area contributed by atoms with E-state index in [2.05, 4.69) is 4.74 Å². The predicted octanol–water partition coefficient (Wildman–Crippen LogP) is 1.90. The van der Waals surface area contributed by atoms with Crippen molar-refractivity contribution in [3.63, 3.8) is 0 Å². The summed E-state index contributed by atoms with van der Waals surface area (Å²) >= 11 is 1.74. The zero-order chi connectivity index (χ0) is 13.8. The summed E-state index contributed by atoms with van der Waals surface area (Å²) in [6.45, 7) is 6.11. The van der Waals surface area contributed by atoms with Crippen molar-refractivity contribution in [3.8, 4) is 0 Å². The van der Waals surface area contributed by atoms with Crippen LogP contribution in [0.5, 0.6) is 0 Å². The van der Waals surface area contributed by atoms with Crippen molar-refractivity contribution in [2.45, 2.75) is 38.8 Å². The maximum atomic E-state index is 12.0. The van der Waals surface area contributed by atoms with Crippen molar-refractivity contribution >= 4 is 23.8 Å². The molecule has 1 amide bonds. The zero-order valence-corrected chi connectivity index (χ0v) is 12.2. The van der Waals surface area contributed by atoms with Crippen LogP contribution in [0.4, 0.5) is 4.79 Å². The van der Waals surface area contributed by atoms with E-state index in [0.29, 0.717) is 6.54 Å². The number of thioether (sulfide) groups is 1. The third-order valence-electron chi connectivity index (χ3n) is 2.49. The van der Waals surface area contributed by atoms with Gasteiger partial charge in [0.25, 0.3) is 0 Å². The molecule has 0 aromatic heterocycles.